The highest BCUT2D eigenvalue weighted by Crippen LogP contribution is 2.46. The van der Waals surface area contributed by atoms with Crippen LogP contribution in [0.2, 0.25) is 0 Å². The summed E-state index contributed by atoms with van der Waals surface area (Å²) < 4.78 is 7.15. The van der Waals surface area contributed by atoms with Gasteiger partial charge in [0, 0.05) is 38.5 Å². The minimum absolute atomic E-state index is 0.185. The molecule has 0 radical (unpaired) electrons. The van der Waals surface area contributed by atoms with Crippen LogP contribution in [0.1, 0.15) is 25.2 Å². The molecule has 0 unspecified atom stereocenters. The number of hydrogen-bond donors (Lipinski definition) is 0. The number of rotatable bonds is 4. The Hall–Kier alpha value is -7.17. The van der Waals surface area contributed by atoms with Crippen LogP contribution < -0.4 is 0 Å². The molecule has 0 N–H and O–H groups in total. The molecule has 3 aromatic heterocycles. The number of imidazole rings is 1. The highest BCUT2D eigenvalue weighted by Gasteiger charge is 2.39. The Morgan fingerprint density at radius 3 is 1.55 bits per heavy atom. The summed E-state index contributed by atoms with van der Waals surface area (Å²) in [5.41, 5.74) is 16.4. The van der Waals surface area contributed by atoms with Crippen molar-refractivity contribution < 1.29 is 0 Å². The van der Waals surface area contributed by atoms with Crippen molar-refractivity contribution in [3.05, 3.63) is 193 Å². The number of para-hydroxylation sites is 5. The van der Waals surface area contributed by atoms with E-state index in [4.69, 9.17) is 4.98 Å². The normalized spacial score (nSPS) is 13.3. The standard InChI is InChI=1S/C52H36N4/c1-52(2)43-20-10-12-22-48(43)56-49-23-13-19-38(50(49)53-51(52)56)35-26-29-47-42(32-35)41-31-34(25-28-46(41)55(47)37-16-7-4-8-17-37)33-24-27-45-40(30-33)39-18-9-11-21-44(39)54(45)36-14-5-3-6-15-36/h3-32H,1-2H3. The predicted molar refractivity (Wildman–Crippen MR) is 233 cm³/mol. The average molecular weight is 717 g/mol. The first-order valence-corrected chi connectivity index (χ1v) is 19.4. The summed E-state index contributed by atoms with van der Waals surface area (Å²) in [6, 6.07) is 66.4. The molecule has 0 atom stereocenters. The Morgan fingerprint density at radius 2 is 0.893 bits per heavy atom. The Morgan fingerprint density at radius 1 is 0.393 bits per heavy atom. The lowest BCUT2D eigenvalue weighted by Crippen LogP contribution is -2.16. The third-order valence-electron chi connectivity index (χ3n) is 12.2. The van der Waals surface area contributed by atoms with E-state index in [1.807, 2.05) is 0 Å². The lowest BCUT2D eigenvalue weighted by Gasteiger charge is -2.17. The monoisotopic (exact) mass is 716 g/mol. The van der Waals surface area contributed by atoms with Crippen molar-refractivity contribution in [2.75, 3.05) is 0 Å². The van der Waals surface area contributed by atoms with E-state index in [1.54, 1.807) is 0 Å². The van der Waals surface area contributed by atoms with Gasteiger partial charge in [-0.05, 0) is 115 Å². The first-order chi connectivity index (χ1) is 27.5. The summed E-state index contributed by atoms with van der Waals surface area (Å²) >= 11 is 0. The van der Waals surface area contributed by atoms with E-state index < -0.39 is 0 Å². The number of benzene rings is 8. The number of aromatic nitrogens is 4. The van der Waals surface area contributed by atoms with Gasteiger partial charge in [-0.15, -0.1) is 0 Å². The molecule has 4 heteroatoms. The Bertz CT molecular complexity index is 3380. The highest BCUT2D eigenvalue weighted by molar-refractivity contribution is 6.14. The van der Waals surface area contributed by atoms with E-state index in [1.165, 1.54) is 77.2 Å². The molecule has 0 saturated carbocycles. The van der Waals surface area contributed by atoms with Crippen LogP contribution in [0.15, 0.2) is 182 Å². The fourth-order valence-electron chi connectivity index (χ4n) is 9.55. The molecule has 0 fully saturated rings. The zero-order valence-electron chi connectivity index (χ0n) is 31.1. The van der Waals surface area contributed by atoms with Crippen molar-refractivity contribution in [2.24, 2.45) is 0 Å². The summed E-state index contributed by atoms with van der Waals surface area (Å²) in [7, 11) is 0. The summed E-state index contributed by atoms with van der Waals surface area (Å²) in [6.45, 7) is 4.58. The molecule has 56 heavy (non-hydrogen) atoms. The molecule has 0 bridgehead atoms. The highest BCUT2D eigenvalue weighted by atomic mass is 15.1. The fraction of sp³-hybridized carbons (Fsp3) is 0.0577. The lowest BCUT2D eigenvalue weighted by molar-refractivity contribution is 0.621. The molecule has 11 aromatic rings. The molecule has 8 aromatic carbocycles. The molecule has 0 aliphatic carbocycles. The largest absolute Gasteiger partial charge is 0.309 e. The second kappa shape index (κ2) is 11.4. The Balaban J connectivity index is 1.07. The van der Waals surface area contributed by atoms with E-state index in [0.29, 0.717) is 0 Å². The van der Waals surface area contributed by atoms with E-state index in [2.05, 4.69) is 210 Å². The molecule has 4 heterocycles. The van der Waals surface area contributed by atoms with Gasteiger partial charge in [-0.3, -0.25) is 4.57 Å². The maximum Gasteiger partial charge on any atom is 0.124 e. The minimum Gasteiger partial charge on any atom is -0.309 e. The van der Waals surface area contributed by atoms with Crippen molar-refractivity contribution in [2.45, 2.75) is 19.3 Å². The minimum atomic E-state index is -0.185. The lowest BCUT2D eigenvalue weighted by atomic mass is 9.85. The van der Waals surface area contributed by atoms with Gasteiger partial charge < -0.3 is 9.13 Å². The van der Waals surface area contributed by atoms with E-state index in [0.717, 1.165) is 28.1 Å². The summed E-state index contributed by atoms with van der Waals surface area (Å²) in [5.74, 6) is 1.09. The third-order valence-corrected chi connectivity index (χ3v) is 12.2. The van der Waals surface area contributed by atoms with Gasteiger partial charge in [0.1, 0.15) is 5.82 Å². The van der Waals surface area contributed by atoms with E-state index in [9.17, 15) is 0 Å². The number of fused-ring (bicyclic) bond motifs is 11. The van der Waals surface area contributed by atoms with Crippen LogP contribution in [-0.4, -0.2) is 18.7 Å². The van der Waals surface area contributed by atoms with Gasteiger partial charge in [0.05, 0.1) is 44.2 Å². The van der Waals surface area contributed by atoms with Crippen molar-refractivity contribution in [3.8, 4) is 39.3 Å². The first kappa shape index (κ1) is 31.2. The van der Waals surface area contributed by atoms with Gasteiger partial charge in [0.25, 0.3) is 0 Å². The molecule has 0 spiro atoms. The number of nitrogens with zero attached hydrogens (tertiary/aromatic N) is 4. The SMILES string of the molecule is CC1(C)c2ccccc2-n2c1nc1c(-c3ccc4c(c3)c3cc(-c5ccc6c(c5)c5ccccc5n6-c5ccccc5)ccc3n4-c3ccccc3)cccc12. The Kier molecular flexibility index (Phi) is 6.37. The van der Waals surface area contributed by atoms with Crippen LogP contribution in [-0.2, 0) is 5.41 Å². The van der Waals surface area contributed by atoms with Crippen LogP contribution >= 0.6 is 0 Å². The third kappa shape index (κ3) is 4.27. The molecule has 264 valence electrons. The molecule has 0 saturated heterocycles. The van der Waals surface area contributed by atoms with Gasteiger partial charge in [-0.2, -0.15) is 0 Å². The van der Waals surface area contributed by atoms with Crippen molar-refractivity contribution in [3.63, 3.8) is 0 Å². The second-order valence-corrected chi connectivity index (χ2v) is 15.6. The van der Waals surface area contributed by atoms with Crippen LogP contribution in [0.4, 0.5) is 0 Å². The molecule has 4 nitrogen and oxygen atoms in total. The van der Waals surface area contributed by atoms with Gasteiger partial charge >= 0.3 is 0 Å². The summed E-state index contributed by atoms with van der Waals surface area (Å²) in [6.07, 6.45) is 0. The maximum absolute atomic E-state index is 5.41. The molecule has 0 amide bonds. The quantitative estimate of drug-likeness (QED) is 0.178. The van der Waals surface area contributed by atoms with E-state index >= 15 is 0 Å². The van der Waals surface area contributed by atoms with Crippen molar-refractivity contribution in [1.82, 2.24) is 18.7 Å². The van der Waals surface area contributed by atoms with Crippen molar-refractivity contribution >= 4 is 54.6 Å². The molecule has 1 aliphatic rings. The summed E-state index contributed by atoms with van der Waals surface area (Å²) in [5, 5.41) is 4.96. The zero-order valence-corrected chi connectivity index (χ0v) is 31.1. The van der Waals surface area contributed by atoms with Crippen LogP contribution in [0.3, 0.4) is 0 Å². The second-order valence-electron chi connectivity index (χ2n) is 15.6. The molecular weight excluding hydrogens is 681 g/mol. The Labute approximate surface area is 324 Å². The average Bonchev–Trinajstić information content (AvgIpc) is 3.97. The number of hydrogen-bond acceptors (Lipinski definition) is 1. The van der Waals surface area contributed by atoms with E-state index in [-0.39, 0.29) is 5.41 Å². The predicted octanol–water partition coefficient (Wildman–Crippen LogP) is 13.2. The summed E-state index contributed by atoms with van der Waals surface area (Å²) in [4.78, 5) is 5.41. The van der Waals surface area contributed by atoms with Crippen LogP contribution in [0, 0.1) is 0 Å². The van der Waals surface area contributed by atoms with Gasteiger partial charge in [0.2, 0.25) is 0 Å². The molecule has 1 aliphatic heterocycles. The smallest absolute Gasteiger partial charge is 0.124 e. The fourth-order valence-corrected chi connectivity index (χ4v) is 9.55. The molecular formula is C52H36N4. The maximum atomic E-state index is 5.41. The van der Waals surface area contributed by atoms with Gasteiger partial charge in [-0.1, -0.05) is 103 Å². The van der Waals surface area contributed by atoms with Crippen molar-refractivity contribution in [1.29, 1.82) is 0 Å². The van der Waals surface area contributed by atoms with Gasteiger partial charge in [0.15, 0.2) is 0 Å². The van der Waals surface area contributed by atoms with Crippen LogP contribution in [0.25, 0.3) is 94.0 Å². The topological polar surface area (TPSA) is 27.7 Å². The first-order valence-electron chi connectivity index (χ1n) is 19.4. The molecule has 12 rings (SSSR count). The zero-order chi connectivity index (χ0) is 37.1. The van der Waals surface area contributed by atoms with Gasteiger partial charge in [-0.25, -0.2) is 4.98 Å². The van der Waals surface area contributed by atoms with Crippen LogP contribution in [0.5, 0.6) is 0 Å².